The summed E-state index contributed by atoms with van der Waals surface area (Å²) in [6, 6.07) is 16.1. The predicted molar refractivity (Wildman–Crippen MR) is 157 cm³/mol. The molecule has 0 spiro atoms. The fourth-order valence-corrected chi connectivity index (χ4v) is 4.82. The van der Waals surface area contributed by atoms with E-state index < -0.39 is 16.1 Å². The van der Waals surface area contributed by atoms with Gasteiger partial charge in [-0.15, -0.1) is 0 Å². The normalized spacial score (nSPS) is 17.2. The zero-order chi connectivity index (χ0) is 27.7. The zero-order valence-corrected chi connectivity index (χ0v) is 24.7. The standard InChI is InChI=1S/C29H39IN4O4/c1-19(2)25(33-28(36)26(30)31-3)29(37)34(4)24(18-38-17-20-11-6-5-7-12-20)27(35)32-23-16-10-14-21-13-8-9-15-22(21)23/h5-9,11-13,15,19,23-26,31H,10,14,16-18H2,1-4H3,(H,32,35)(H,33,36)/t23?,24-,25-,26+/m0/s1. The monoisotopic (exact) mass is 634 g/mol. The molecule has 2 aromatic carbocycles. The van der Waals surface area contributed by atoms with E-state index in [0.717, 1.165) is 30.4 Å². The maximum atomic E-state index is 13.7. The lowest BCUT2D eigenvalue weighted by atomic mass is 9.87. The number of likely N-dealkylation sites (N-methyl/N-ethyl adjacent to an activating group) is 2. The van der Waals surface area contributed by atoms with E-state index in [9.17, 15) is 14.4 Å². The van der Waals surface area contributed by atoms with Crippen LogP contribution < -0.4 is 16.0 Å². The SMILES string of the molecule is CN[C@@H](I)C(=O)N[C@H](C(=O)N(C)[C@@H](COCc1ccccc1)C(=O)NC1CCCc2ccccc21)C(C)C. The molecule has 3 N–H and O–H groups in total. The molecule has 0 bridgehead atoms. The number of nitrogens with zero attached hydrogens (tertiary/aromatic N) is 1. The second kappa shape index (κ2) is 14.6. The molecule has 38 heavy (non-hydrogen) atoms. The molecule has 1 aliphatic carbocycles. The first-order valence-corrected chi connectivity index (χ1v) is 14.4. The van der Waals surface area contributed by atoms with Gasteiger partial charge in [-0.2, -0.15) is 0 Å². The number of hydrogen-bond acceptors (Lipinski definition) is 5. The number of ether oxygens (including phenoxy) is 1. The van der Waals surface area contributed by atoms with E-state index in [1.165, 1.54) is 10.5 Å². The highest BCUT2D eigenvalue weighted by Gasteiger charge is 2.35. The summed E-state index contributed by atoms with van der Waals surface area (Å²) in [4.78, 5) is 41.3. The van der Waals surface area contributed by atoms with Gasteiger partial charge in [-0.1, -0.05) is 91.0 Å². The molecule has 1 unspecified atom stereocenters. The van der Waals surface area contributed by atoms with Gasteiger partial charge in [0.1, 0.15) is 16.1 Å². The van der Waals surface area contributed by atoms with E-state index in [-0.39, 0.29) is 36.3 Å². The van der Waals surface area contributed by atoms with Crippen LogP contribution >= 0.6 is 22.6 Å². The summed E-state index contributed by atoms with van der Waals surface area (Å²) in [7, 11) is 3.29. The van der Waals surface area contributed by atoms with E-state index in [1.807, 2.05) is 78.9 Å². The third-order valence-corrected chi connectivity index (χ3v) is 8.09. The lowest BCUT2D eigenvalue weighted by molar-refractivity contribution is -0.145. The Morgan fingerprint density at radius 2 is 1.74 bits per heavy atom. The van der Waals surface area contributed by atoms with Crippen LogP contribution in [0, 0.1) is 5.92 Å². The molecule has 0 fully saturated rings. The maximum absolute atomic E-state index is 13.7. The second-order valence-corrected chi connectivity index (χ2v) is 11.2. The Morgan fingerprint density at radius 1 is 1.05 bits per heavy atom. The van der Waals surface area contributed by atoms with Crippen LogP contribution in [0.1, 0.15) is 49.4 Å². The fraction of sp³-hybridized carbons (Fsp3) is 0.483. The molecule has 9 heteroatoms. The van der Waals surface area contributed by atoms with Crippen molar-refractivity contribution in [2.75, 3.05) is 20.7 Å². The number of halogens is 1. The number of rotatable bonds is 12. The molecule has 3 rings (SSSR count). The molecule has 2 aromatic rings. The van der Waals surface area contributed by atoms with Crippen molar-refractivity contribution >= 4 is 40.3 Å². The average molecular weight is 635 g/mol. The highest BCUT2D eigenvalue weighted by molar-refractivity contribution is 14.1. The van der Waals surface area contributed by atoms with Crippen molar-refractivity contribution < 1.29 is 19.1 Å². The molecule has 0 aromatic heterocycles. The van der Waals surface area contributed by atoms with Crippen LogP contribution in [0.4, 0.5) is 0 Å². The number of aryl methyl sites for hydroxylation is 1. The van der Waals surface area contributed by atoms with Crippen molar-refractivity contribution in [3.05, 3.63) is 71.3 Å². The Morgan fingerprint density at radius 3 is 2.42 bits per heavy atom. The van der Waals surface area contributed by atoms with Crippen LogP contribution in [-0.2, 0) is 32.1 Å². The third kappa shape index (κ3) is 8.00. The number of amides is 3. The van der Waals surface area contributed by atoms with Gasteiger partial charge in [0.2, 0.25) is 17.7 Å². The van der Waals surface area contributed by atoms with E-state index in [2.05, 4.69) is 28.1 Å². The first kappa shape index (κ1) is 30.0. The van der Waals surface area contributed by atoms with Gasteiger partial charge >= 0.3 is 0 Å². The summed E-state index contributed by atoms with van der Waals surface area (Å²) in [6.45, 7) is 4.10. The Bertz CT molecular complexity index is 1080. The lowest BCUT2D eigenvalue weighted by Gasteiger charge is -2.34. The van der Waals surface area contributed by atoms with Crippen molar-refractivity contribution in [1.82, 2.24) is 20.9 Å². The molecule has 0 saturated carbocycles. The van der Waals surface area contributed by atoms with Crippen LogP contribution in [0.5, 0.6) is 0 Å². The number of alkyl halides is 1. The number of benzene rings is 2. The third-order valence-electron chi connectivity index (χ3n) is 6.91. The minimum absolute atomic E-state index is 0.0293. The van der Waals surface area contributed by atoms with Gasteiger partial charge in [0.25, 0.3) is 0 Å². The molecule has 206 valence electrons. The summed E-state index contributed by atoms with van der Waals surface area (Å²) in [5, 5.41) is 8.91. The molecule has 0 aliphatic heterocycles. The van der Waals surface area contributed by atoms with Gasteiger partial charge in [-0.3, -0.25) is 14.4 Å². The highest BCUT2D eigenvalue weighted by Crippen LogP contribution is 2.29. The molecule has 1 aliphatic rings. The number of carbonyl (C=O) groups excluding carboxylic acids is 3. The number of carbonyl (C=O) groups is 3. The lowest BCUT2D eigenvalue weighted by Crippen LogP contribution is -2.58. The van der Waals surface area contributed by atoms with E-state index in [1.54, 1.807) is 14.1 Å². The van der Waals surface area contributed by atoms with Crippen molar-refractivity contribution in [3.63, 3.8) is 0 Å². The zero-order valence-electron chi connectivity index (χ0n) is 22.6. The summed E-state index contributed by atoms with van der Waals surface area (Å²) in [5.74, 6) is -1.06. The predicted octanol–water partition coefficient (Wildman–Crippen LogP) is 3.35. The molecular formula is C29H39IN4O4. The summed E-state index contributed by atoms with van der Waals surface area (Å²) in [5.41, 5.74) is 3.35. The smallest absolute Gasteiger partial charge is 0.247 e. The van der Waals surface area contributed by atoms with Gasteiger partial charge in [-0.25, -0.2) is 0 Å². The largest absolute Gasteiger partial charge is 0.374 e. The Hall–Kier alpha value is -2.50. The van der Waals surface area contributed by atoms with Crippen LogP contribution in [0.3, 0.4) is 0 Å². The molecule has 0 radical (unpaired) electrons. The van der Waals surface area contributed by atoms with Gasteiger partial charge in [0.15, 0.2) is 0 Å². The minimum Gasteiger partial charge on any atom is -0.374 e. The van der Waals surface area contributed by atoms with Crippen LogP contribution in [0.25, 0.3) is 0 Å². The van der Waals surface area contributed by atoms with Gasteiger partial charge in [0, 0.05) is 7.05 Å². The van der Waals surface area contributed by atoms with Crippen molar-refractivity contribution in [2.45, 2.75) is 61.9 Å². The number of hydrogen-bond donors (Lipinski definition) is 3. The Labute approximate surface area is 239 Å². The van der Waals surface area contributed by atoms with E-state index in [0.29, 0.717) is 6.61 Å². The summed E-state index contributed by atoms with van der Waals surface area (Å²) < 4.78 is 5.48. The molecule has 0 saturated heterocycles. The Kier molecular flexibility index (Phi) is 11.5. The van der Waals surface area contributed by atoms with E-state index >= 15 is 0 Å². The van der Waals surface area contributed by atoms with Gasteiger partial charge in [-0.05, 0) is 48.9 Å². The average Bonchev–Trinajstić information content (AvgIpc) is 2.93. The molecule has 8 nitrogen and oxygen atoms in total. The van der Waals surface area contributed by atoms with Crippen LogP contribution in [0.15, 0.2) is 54.6 Å². The van der Waals surface area contributed by atoms with Gasteiger partial charge < -0.3 is 25.6 Å². The second-order valence-electron chi connectivity index (χ2n) is 10.00. The van der Waals surface area contributed by atoms with Gasteiger partial charge in [0.05, 0.1) is 19.3 Å². The summed E-state index contributed by atoms with van der Waals surface area (Å²) >= 11 is 1.98. The first-order valence-electron chi connectivity index (χ1n) is 13.1. The fourth-order valence-electron chi connectivity index (χ4n) is 4.64. The van der Waals surface area contributed by atoms with Crippen molar-refractivity contribution in [1.29, 1.82) is 0 Å². The number of fused-ring (bicyclic) bond motifs is 1. The van der Waals surface area contributed by atoms with Crippen molar-refractivity contribution in [2.24, 2.45) is 5.92 Å². The highest BCUT2D eigenvalue weighted by atomic mass is 127. The topological polar surface area (TPSA) is 99.8 Å². The van der Waals surface area contributed by atoms with Crippen LogP contribution in [0.2, 0.25) is 0 Å². The van der Waals surface area contributed by atoms with Crippen LogP contribution in [-0.4, -0.2) is 59.5 Å². The number of nitrogens with one attached hydrogen (secondary N) is 3. The summed E-state index contributed by atoms with van der Waals surface area (Å²) in [6.07, 6.45) is 2.81. The molecule has 4 atom stereocenters. The molecule has 3 amide bonds. The van der Waals surface area contributed by atoms with E-state index in [4.69, 9.17) is 4.74 Å². The minimum atomic E-state index is -0.863. The molecule has 0 heterocycles. The maximum Gasteiger partial charge on any atom is 0.247 e. The first-order chi connectivity index (χ1) is 18.2. The Balaban J connectivity index is 1.79. The quantitative estimate of drug-likeness (QED) is 0.189. The van der Waals surface area contributed by atoms with Crippen molar-refractivity contribution in [3.8, 4) is 0 Å². The molecular weight excluding hydrogens is 595 g/mol.